The Morgan fingerprint density at radius 3 is 2.38 bits per heavy atom. The lowest BCUT2D eigenvalue weighted by Gasteiger charge is -2.24. The number of alkyl halides is 3. The van der Waals surface area contributed by atoms with Gasteiger partial charge in [-0.15, -0.1) is 0 Å². The van der Waals surface area contributed by atoms with Gasteiger partial charge in [0.15, 0.2) is 0 Å². The van der Waals surface area contributed by atoms with Crippen molar-refractivity contribution in [2.24, 2.45) is 17.1 Å². The molecule has 0 bridgehead atoms. The molecule has 6 heteroatoms. The molecule has 21 heavy (non-hydrogen) atoms. The number of nitrogens with two attached hydrogens (primary N) is 1. The smallest absolute Gasteiger partial charge is 0.330 e. The maximum Gasteiger partial charge on any atom is 0.416 e. The van der Waals surface area contributed by atoms with E-state index in [9.17, 15) is 18.0 Å². The van der Waals surface area contributed by atoms with E-state index < -0.39 is 17.7 Å². The lowest BCUT2D eigenvalue weighted by Crippen LogP contribution is -2.32. The second-order valence-electron chi connectivity index (χ2n) is 6.27. The molecule has 0 radical (unpaired) electrons. The average Bonchev–Trinajstić information content (AvgIpc) is 2.34. The highest BCUT2D eigenvalue weighted by molar-refractivity contribution is 5.92. The Morgan fingerprint density at radius 2 is 1.90 bits per heavy atom. The third-order valence-corrected chi connectivity index (χ3v) is 2.97. The first-order valence-corrected chi connectivity index (χ1v) is 6.71. The van der Waals surface area contributed by atoms with E-state index in [1.165, 1.54) is 12.1 Å². The molecule has 1 aromatic rings. The number of halogens is 3. The number of anilines is 1. The summed E-state index contributed by atoms with van der Waals surface area (Å²) in [6.45, 7) is 6.09. The van der Waals surface area contributed by atoms with Gasteiger partial charge in [-0.25, -0.2) is 0 Å². The summed E-state index contributed by atoms with van der Waals surface area (Å²) < 4.78 is 37.9. The predicted octanol–water partition coefficient (Wildman–Crippen LogP) is 3.66. The number of benzene rings is 1. The van der Waals surface area contributed by atoms with Gasteiger partial charge in [0.05, 0.1) is 11.5 Å². The fourth-order valence-corrected chi connectivity index (χ4v) is 2.04. The Hall–Kier alpha value is -1.56. The maximum absolute atomic E-state index is 12.6. The standard InChI is InChI=1S/C15H21F3N2O/c1-14(2,3)8-10(9-19)13(21)20-12-6-4-5-11(7-12)15(16,17)18/h4-7,10H,8-9,19H2,1-3H3,(H,20,21). The Balaban J connectivity index is 2.83. The molecule has 1 rings (SSSR count). The third kappa shape index (κ3) is 5.75. The normalized spacial score (nSPS) is 13.9. The summed E-state index contributed by atoms with van der Waals surface area (Å²) in [6.07, 6.45) is -3.87. The summed E-state index contributed by atoms with van der Waals surface area (Å²) in [5.74, 6) is -0.786. The number of hydrogen-bond donors (Lipinski definition) is 2. The van der Waals surface area contributed by atoms with Crippen LogP contribution < -0.4 is 11.1 Å². The topological polar surface area (TPSA) is 55.1 Å². The summed E-state index contributed by atoms with van der Waals surface area (Å²) in [4.78, 5) is 12.1. The van der Waals surface area contributed by atoms with Crippen molar-refractivity contribution < 1.29 is 18.0 Å². The summed E-state index contributed by atoms with van der Waals surface area (Å²) in [5, 5.41) is 2.51. The van der Waals surface area contributed by atoms with Gasteiger partial charge in [-0.3, -0.25) is 4.79 Å². The molecule has 3 N–H and O–H groups in total. The van der Waals surface area contributed by atoms with Crippen molar-refractivity contribution in [3.05, 3.63) is 29.8 Å². The quantitative estimate of drug-likeness (QED) is 0.892. The minimum Gasteiger partial charge on any atom is -0.330 e. The second-order valence-corrected chi connectivity index (χ2v) is 6.27. The van der Waals surface area contributed by atoms with Gasteiger partial charge in [0, 0.05) is 12.2 Å². The Labute approximate surface area is 122 Å². The van der Waals surface area contributed by atoms with Crippen LogP contribution in [-0.2, 0) is 11.0 Å². The maximum atomic E-state index is 12.6. The lowest BCUT2D eigenvalue weighted by molar-refractivity contribution is -0.137. The molecule has 0 fully saturated rings. The van der Waals surface area contributed by atoms with Crippen LogP contribution in [-0.4, -0.2) is 12.5 Å². The van der Waals surface area contributed by atoms with Crippen LogP contribution in [0.5, 0.6) is 0 Å². The highest BCUT2D eigenvalue weighted by Gasteiger charge is 2.31. The second kappa shape index (κ2) is 6.47. The molecule has 1 aromatic carbocycles. The Morgan fingerprint density at radius 1 is 1.29 bits per heavy atom. The van der Waals surface area contributed by atoms with Crippen molar-refractivity contribution in [2.45, 2.75) is 33.4 Å². The van der Waals surface area contributed by atoms with Crippen LogP contribution in [0.3, 0.4) is 0 Å². The molecule has 1 unspecified atom stereocenters. The third-order valence-electron chi connectivity index (χ3n) is 2.97. The van der Waals surface area contributed by atoms with Gasteiger partial charge >= 0.3 is 6.18 Å². The molecular formula is C15H21F3N2O. The lowest BCUT2D eigenvalue weighted by atomic mass is 9.84. The van der Waals surface area contributed by atoms with Crippen LogP contribution in [0.1, 0.15) is 32.8 Å². The van der Waals surface area contributed by atoms with Gasteiger partial charge in [0.25, 0.3) is 0 Å². The van der Waals surface area contributed by atoms with E-state index in [4.69, 9.17) is 5.73 Å². The predicted molar refractivity (Wildman–Crippen MR) is 76.7 cm³/mol. The highest BCUT2D eigenvalue weighted by Crippen LogP contribution is 2.31. The zero-order valence-electron chi connectivity index (χ0n) is 12.4. The Kier molecular flexibility index (Phi) is 5.39. The number of amides is 1. The minimum absolute atomic E-state index is 0.0881. The molecule has 1 amide bonds. The Bertz CT molecular complexity index is 492. The molecule has 0 saturated heterocycles. The molecular weight excluding hydrogens is 281 g/mol. The molecule has 0 aliphatic rings. The van der Waals surface area contributed by atoms with Gasteiger partial charge in [0.1, 0.15) is 0 Å². The van der Waals surface area contributed by atoms with Crippen molar-refractivity contribution in [1.82, 2.24) is 0 Å². The van der Waals surface area contributed by atoms with Gasteiger partial charge in [-0.1, -0.05) is 26.8 Å². The number of carbonyl (C=O) groups is 1. The van der Waals surface area contributed by atoms with Gasteiger partial charge in [-0.05, 0) is 30.0 Å². The van der Waals surface area contributed by atoms with E-state index in [1.54, 1.807) is 0 Å². The van der Waals surface area contributed by atoms with Crippen molar-refractivity contribution in [3.8, 4) is 0 Å². The van der Waals surface area contributed by atoms with Crippen LogP contribution in [0.15, 0.2) is 24.3 Å². The zero-order chi connectivity index (χ0) is 16.3. The summed E-state index contributed by atoms with van der Waals surface area (Å²) in [5.41, 5.74) is 4.84. The molecule has 118 valence electrons. The number of hydrogen-bond acceptors (Lipinski definition) is 2. The van der Waals surface area contributed by atoms with Crippen LogP contribution in [0, 0.1) is 11.3 Å². The van der Waals surface area contributed by atoms with E-state index >= 15 is 0 Å². The average molecular weight is 302 g/mol. The summed E-state index contributed by atoms with van der Waals surface area (Å²) in [6, 6.07) is 4.57. The van der Waals surface area contributed by atoms with Crippen LogP contribution in [0.2, 0.25) is 0 Å². The molecule has 0 aliphatic carbocycles. The van der Waals surface area contributed by atoms with Crippen molar-refractivity contribution in [1.29, 1.82) is 0 Å². The first-order valence-electron chi connectivity index (χ1n) is 6.71. The monoisotopic (exact) mass is 302 g/mol. The van der Waals surface area contributed by atoms with Crippen LogP contribution >= 0.6 is 0 Å². The summed E-state index contributed by atoms with van der Waals surface area (Å²) in [7, 11) is 0. The van der Waals surface area contributed by atoms with Gasteiger partial charge in [-0.2, -0.15) is 13.2 Å². The van der Waals surface area contributed by atoms with Crippen molar-refractivity contribution >= 4 is 11.6 Å². The van der Waals surface area contributed by atoms with E-state index in [0.29, 0.717) is 6.42 Å². The van der Waals surface area contributed by atoms with E-state index in [-0.39, 0.29) is 23.6 Å². The highest BCUT2D eigenvalue weighted by atomic mass is 19.4. The SMILES string of the molecule is CC(C)(C)CC(CN)C(=O)Nc1cccc(C(F)(F)F)c1. The van der Waals surface area contributed by atoms with Crippen LogP contribution in [0.4, 0.5) is 18.9 Å². The van der Waals surface area contributed by atoms with Gasteiger partial charge in [0.2, 0.25) is 5.91 Å². The first kappa shape index (κ1) is 17.5. The molecule has 0 heterocycles. The summed E-state index contributed by atoms with van der Waals surface area (Å²) >= 11 is 0. The van der Waals surface area contributed by atoms with E-state index in [0.717, 1.165) is 12.1 Å². The van der Waals surface area contributed by atoms with Gasteiger partial charge < -0.3 is 11.1 Å². The first-order chi connectivity index (χ1) is 9.53. The molecule has 0 saturated carbocycles. The molecule has 0 aromatic heterocycles. The van der Waals surface area contributed by atoms with Crippen molar-refractivity contribution in [2.75, 3.05) is 11.9 Å². The number of carbonyl (C=O) groups excluding carboxylic acids is 1. The van der Waals surface area contributed by atoms with Crippen molar-refractivity contribution in [3.63, 3.8) is 0 Å². The number of rotatable bonds is 4. The molecule has 1 atom stereocenters. The molecule has 3 nitrogen and oxygen atoms in total. The van der Waals surface area contributed by atoms with E-state index in [1.807, 2.05) is 20.8 Å². The van der Waals surface area contributed by atoms with Crippen LogP contribution in [0.25, 0.3) is 0 Å². The molecule has 0 aliphatic heterocycles. The molecule has 0 spiro atoms. The number of nitrogens with one attached hydrogen (secondary N) is 1. The zero-order valence-corrected chi connectivity index (χ0v) is 12.4. The largest absolute Gasteiger partial charge is 0.416 e. The van der Waals surface area contributed by atoms with E-state index in [2.05, 4.69) is 5.32 Å². The fourth-order valence-electron chi connectivity index (χ4n) is 2.04. The minimum atomic E-state index is -4.43. The fraction of sp³-hybridized carbons (Fsp3) is 0.533.